The first-order valence-corrected chi connectivity index (χ1v) is 13.5. The highest BCUT2D eigenvalue weighted by Gasteiger charge is 2.23. The lowest BCUT2D eigenvalue weighted by Crippen LogP contribution is -2.41. The molecular weight excluding hydrogens is 432 g/mol. The fraction of sp³-hybridized carbons (Fsp3) is 0.548. The van der Waals surface area contributed by atoms with E-state index in [1.54, 1.807) is 0 Å². The van der Waals surface area contributed by atoms with E-state index in [0.29, 0.717) is 6.61 Å². The van der Waals surface area contributed by atoms with Crippen LogP contribution in [0.1, 0.15) is 102 Å². The second-order valence-corrected chi connectivity index (χ2v) is 10.3. The zero-order valence-electron chi connectivity index (χ0n) is 22.6. The molecule has 1 heterocycles. The van der Waals surface area contributed by atoms with Crippen LogP contribution in [0.25, 0.3) is 5.57 Å². The third kappa shape index (κ3) is 11.1. The van der Waals surface area contributed by atoms with Gasteiger partial charge in [-0.15, -0.1) is 0 Å². The number of aryl methyl sites for hydroxylation is 2. The molecule has 1 amide bonds. The minimum absolute atomic E-state index is 0.353. The average molecular weight is 480 g/mol. The van der Waals surface area contributed by atoms with Crippen molar-refractivity contribution in [2.75, 3.05) is 6.61 Å². The number of hydrogen-bond donors (Lipinski definition) is 1. The smallest absolute Gasteiger partial charge is 0.407 e. The number of pyridine rings is 1. The Morgan fingerprint density at radius 2 is 1.69 bits per heavy atom. The van der Waals surface area contributed by atoms with Gasteiger partial charge in [-0.2, -0.15) is 0 Å². The fourth-order valence-electron chi connectivity index (χ4n) is 4.31. The average Bonchev–Trinajstić information content (AvgIpc) is 2.83. The second-order valence-electron chi connectivity index (χ2n) is 10.3. The third-order valence-electron chi connectivity index (χ3n) is 6.49. The molecule has 4 nitrogen and oxygen atoms in total. The largest absolute Gasteiger partial charge is 0.450 e. The molecular formula is C31H47N2O2+. The molecule has 2 rings (SSSR count). The monoisotopic (exact) mass is 479 g/mol. The van der Waals surface area contributed by atoms with E-state index in [1.165, 1.54) is 56.9 Å². The number of nitrogens with zero attached hydrogens (tertiary/aromatic N) is 1. The SMILES string of the molecule is C=C(C)c1cccc(C(C)(C)NC(=O)OCCCCCCCCCC[n+]2cccc(CCC)c2)c1. The van der Waals surface area contributed by atoms with Crippen molar-refractivity contribution in [2.45, 2.75) is 104 Å². The maximum absolute atomic E-state index is 12.3. The molecule has 1 aromatic carbocycles. The van der Waals surface area contributed by atoms with Gasteiger partial charge < -0.3 is 10.1 Å². The highest BCUT2D eigenvalue weighted by Crippen LogP contribution is 2.23. The summed E-state index contributed by atoms with van der Waals surface area (Å²) in [5.74, 6) is 0. The van der Waals surface area contributed by atoms with Crippen LogP contribution < -0.4 is 9.88 Å². The van der Waals surface area contributed by atoms with E-state index in [4.69, 9.17) is 4.74 Å². The van der Waals surface area contributed by atoms with Crippen molar-refractivity contribution in [3.8, 4) is 0 Å². The van der Waals surface area contributed by atoms with Gasteiger partial charge in [0.2, 0.25) is 0 Å². The molecule has 4 heteroatoms. The lowest BCUT2D eigenvalue weighted by atomic mass is 9.92. The van der Waals surface area contributed by atoms with E-state index in [9.17, 15) is 4.79 Å². The molecule has 0 unspecified atom stereocenters. The van der Waals surface area contributed by atoms with E-state index in [0.717, 1.165) is 36.1 Å². The van der Waals surface area contributed by atoms with Crippen molar-refractivity contribution in [3.63, 3.8) is 0 Å². The number of allylic oxidation sites excluding steroid dienone is 1. The summed E-state index contributed by atoms with van der Waals surface area (Å²) in [6.45, 7) is 13.8. The molecule has 0 aliphatic rings. The van der Waals surface area contributed by atoms with Crippen molar-refractivity contribution in [3.05, 3.63) is 72.1 Å². The zero-order valence-corrected chi connectivity index (χ0v) is 22.6. The minimum Gasteiger partial charge on any atom is -0.450 e. The van der Waals surface area contributed by atoms with Gasteiger partial charge in [0, 0.05) is 18.1 Å². The van der Waals surface area contributed by atoms with Gasteiger partial charge in [0.15, 0.2) is 12.4 Å². The van der Waals surface area contributed by atoms with Crippen LogP contribution in [0.5, 0.6) is 0 Å². The van der Waals surface area contributed by atoms with Gasteiger partial charge in [-0.05, 0) is 63.3 Å². The number of benzene rings is 1. The lowest BCUT2D eigenvalue weighted by Gasteiger charge is -2.27. The van der Waals surface area contributed by atoms with Crippen LogP contribution in [0, 0.1) is 0 Å². The van der Waals surface area contributed by atoms with Gasteiger partial charge in [-0.25, -0.2) is 9.36 Å². The van der Waals surface area contributed by atoms with Crippen LogP contribution in [0.2, 0.25) is 0 Å². The van der Waals surface area contributed by atoms with Gasteiger partial charge >= 0.3 is 6.09 Å². The Morgan fingerprint density at radius 3 is 2.37 bits per heavy atom. The molecule has 0 fully saturated rings. The van der Waals surface area contributed by atoms with Crippen LogP contribution in [0.4, 0.5) is 4.79 Å². The van der Waals surface area contributed by atoms with Crippen molar-refractivity contribution in [1.29, 1.82) is 0 Å². The maximum atomic E-state index is 12.3. The van der Waals surface area contributed by atoms with Crippen molar-refractivity contribution in [1.82, 2.24) is 5.32 Å². The Labute approximate surface area is 213 Å². The Bertz CT molecular complexity index is 920. The third-order valence-corrected chi connectivity index (χ3v) is 6.49. The number of alkyl carbamates (subject to hydrolysis) is 1. The molecule has 2 aromatic rings. The van der Waals surface area contributed by atoms with E-state index in [2.05, 4.69) is 54.0 Å². The van der Waals surface area contributed by atoms with Gasteiger partial charge in [0.05, 0.1) is 12.1 Å². The summed E-state index contributed by atoms with van der Waals surface area (Å²) < 4.78 is 7.77. The molecule has 0 saturated heterocycles. The Hall–Kier alpha value is -2.62. The molecule has 35 heavy (non-hydrogen) atoms. The number of carbonyl (C=O) groups is 1. The number of carbonyl (C=O) groups excluding carboxylic acids is 1. The van der Waals surface area contributed by atoms with Crippen LogP contribution in [-0.4, -0.2) is 12.7 Å². The second kappa shape index (κ2) is 15.4. The first-order chi connectivity index (χ1) is 16.8. The molecule has 0 saturated carbocycles. The van der Waals surface area contributed by atoms with Crippen molar-refractivity contribution >= 4 is 11.7 Å². The normalized spacial score (nSPS) is 11.3. The van der Waals surface area contributed by atoms with Crippen LogP contribution in [0.15, 0.2) is 55.4 Å². The lowest BCUT2D eigenvalue weighted by molar-refractivity contribution is -0.697. The van der Waals surface area contributed by atoms with E-state index in [1.807, 2.05) is 39.0 Å². The number of nitrogens with one attached hydrogen (secondary N) is 1. The van der Waals surface area contributed by atoms with Crippen LogP contribution in [-0.2, 0) is 23.2 Å². The quantitative estimate of drug-likeness (QED) is 0.198. The van der Waals surface area contributed by atoms with Gasteiger partial charge in [0.1, 0.15) is 6.54 Å². The van der Waals surface area contributed by atoms with Crippen molar-refractivity contribution < 1.29 is 14.1 Å². The summed E-state index contributed by atoms with van der Waals surface area (Å²) in [5, 5.41) is 3.00. The molecule has 0 aliphatic carbocycles. The van der Waals surface area contributed by atoms with E-state index < -0.39 is 5.54 Å². The van der Waals surface area contributed by atoms with Gasteiger partial charge in [0.25, 0.3) is 0 Å². The standard InChI is InChI=1S/C31H46N2O2/c1-6-17-27-18-16-22-33(25-27)21-13-11-9-7-8-10-12-14-23-35-30(34)32-31(4,5)29-20-15-19-28(24-29)26(2)3/h15-16,18-20,22,24-25H,2,6-14,17,21,23H2,1,3-5H3/p+1. The topological polar surface area (TPSA) is 42.2 Å². The van der Waals surface area contributed by atoms with E-state index in [-0.39, 0.29) is 6.09 Å². The first kappa shape index (κ1) is 28.6. The number of hydrogen-bond acceptors (Lipinski definition) is 2. The summed E-state index contributed by atoms with van der Waals surface area (Å²) in [4.78, 5) is 12.3. The zero-order chi connectivity index (χ0) is 25.5. The Morgan fingerprint density at radius 1 is 1.00 bits per heavy atom. The number of rotatable bonds is 16. The van der Waals surface area contributed by atoms with Gasteiger partial charge in [-0.1, -0.05) is 75.8 Å². The van der Waals surface area contributed by atoms with Gasteiger partial charge in [-0.3, -0.25) is 0 Å². The molecule has 0 atom stereocenters. The predicted octanol–water partition coefficient (Wildman–Crippen LogP) is 7.74. The fourth-order valence-corrected chi connectivity index (χ4v) is 4.31. The van der Waals surface area contributed by atoms with Crippen LogP contribution >= 0.6 is 0 Å². The highest BCUT2D eigenvalue weighted by molar-refractivity contribution is 5.69. The summed E-state index contributed by atoms with van der Waals surface area (Å²) >= 11 is 0. The Kier molecular flexibility index (Phi) is 12.6. The summed E-state index contributed by atoms with van der Waals surface area (Å²) in [5.41, 5.74) is 4.07. The molecule has 1 aromatic heterocycles. The molecule has 0 aliphatic heterocycles. The predicted molar refractivity (Wildman–Crippen MR) is 146 cm³/mol. The summed E-state index contributed by atoms with van der Waals surface area (Å²) in [6, 6.07) is 12.5. The minimum atomic E-state index is -0.501. The molecule has 192 valence electrons. The highest BCUT2D eigenvalue weighted by atomic mass is 16.5. The molecule has 0 radical (unpaired) electrons. The maximum Gasteiger partial charge on any atom is 0.407 e. The number of ether oxygens (including phenoxy) is 1. The summed E-state index contributed by atoms with van der Waals surface area (Å²) in [7, 11) is 0. The summed E-state index contributed by atoms with van der Waals surface area (Å²) in [6.07, 6.45) is 16.1. The number of unbranched alkanes of at least 4 members (excludes halogenated alkanes) is 7. The number of aromatic nitrogens is 1. The molecule has 1 N–H and O–H groups in total. The Balaban J connectivity index is 1.50. The first-order valence-electron chi connectivity index (χ1n) is 13.5. The van der Waals surface area contributed by atoms with Crippen LogP contribution in [0.3, 0.4) is 0 Å². The molecule has 0 bridgehead atoms. The van der Waals surface area contributed by atoms with Crippen molar-refractivity contribution in [2.24, 2.45) is 0 Å². The van der Waals surface area contributed by atoms with E-state index >= 15 is 0 Å². The molecule has 0 spiro atoms. The number of amides is 1.